The maximum absolute atomic E-state index is 12.9. The molecular weight excluding hydrogens is 456 g/mol. The molecule has 4 rings (SSSR count). The van der Waals surface area contributed by atoms with E-state index in [1.165, 1.54) is 17.6 Å². The molecule has 0 unspecified atom stereocenters. The molecular formula is C20H15BrN4O3S. The lowest BCUT2D eigenvalue weighted by atomic mass is 10.2. The summed E-state index contributed by atoms with van der Waals surface area (Å²) in [6.07, 6.45) is 4.92. The number of benzene rings is 1. The second kappa shape index (κ2) is 8.06. The molecule has 4 aromatic rings. The average Bonchev–Trinajstić information content (AvgIpc) is 3.43. The lowest BCUT2D eigenvalue weighted by Gasteiger charge is -2.10. The highest BCUT2D eigenvalue weighted by atomic mass is 79.9. The Morgan fingerprint density at radius 1 is 1.14 bits per heavy atom. The van der Waals surface area contributed by atoms with Crippen LogP contribution in [0.1, 0.15) is 25.8 Å². The number of hydrogen-bond donors (Lipinski definition) is 2. The summed E-state index contributed by atoms with van der Waals surface area (Å²) >= 11 is 4.58. The molecule has 7 nitrogen and oxygen atoms in total. The van der Waals surface area contributed by atoms with Crippen molar-refractivity contribution < 1.29 is 14.0 Å². The van der Waals surface area contributed by atoms with Crippen molar-refractivity contribution in [1.29, 1.82) is 0 Å². The van der Waals surface area contributed by atoms with E-state index in [0.717, 1.165) is 15.7 Å². The maximum atomic E-state index is 12.9. The van der Waals surface area contributed by atoms with Crippen LogP contribution in [0.4, 0.5) is 10.7 Å². The molecule has 0 saturated heterocycles. The van der Waals surface area contributed by atoms with Gasteiger partial charge in [-0.2, -0.15) is 5.10 Å². The van der Waals surface area contributed by atoms with Crippen LogP contribution in [0.25, 0.3) is 5.69 Å². The molecule has 146 valence electrons. The third-order valence-corrected chi connectivity index (χ3v) is 5.62. The van der Waals surface area contributed by atoms with E-state index in [-0.39, 0.29) is 17.6 Å². The van der Waals surface area contributed by atoms with Crippen molar-refractivity contribution in [3.8, 4) is 5.69 Å². The topological polar surface area (TPSA) is 89.2 Å². The van der Waals surface area contributed by atoms with E-state index < -0.39 is 0 Å². The summed E-state index contributed by atoms with van der Waals surface area (Å²) in [6.45, 7) is 1.82. The Balaban J connectivity index is 1.54. The van der Waals surface area contributed by atoms with E-state index in [2.05, 4.69) is 31.7 Å². The van der Waals surface area contributed by atoms with Gasteiger partial charge >= 0.3 is 0 Å². The van der Waals surface area contributed by atoms with Crippen molar-refractivity contribution in [3.05, 3.63) is 81.8 Å². The van der Waals surface area contributed by atoms with E-state index >= 15 is 0 Å². The van der Waals surface area contributed by atoms with Crippen molar-refractivity contribution in [2.24, 2.45) is 0 Å². The van der Waals surface area contributed by atoms with Crippen LogP contribution >= 0.6 is 27.3 Å². The second-order valence-electron chi connectivity index (χ2n) is 6.13. The van der Waals surface area contributed by atoms with E-state index in [4.69, 9.17) is 4.42 Å². The van der Waals surface area contributed by atoms with E-state index in [0.29, 0.717) is 15.6 Å². The zero-order valence-electron chi connectivity index (χ0n) is 15.2. The molecule has 2 N–H and O–H groups in total. The number of anilines is 2. The third-order valence-electron chi connectivity index (χ3n) is 4.06. The first-order valence-corrected chi connectivity index (χ1v) is 10.2. The van der Waals surface area contributed by atoms with Gasteiger partial charge in [0, 0.05) is 6.20 Å². The molecule has 29 heavy (non-hydrogen) atoms. The Morgan fingerprint density at radius 3 is 2.69 bits per heavy atom. The molecule has 0 aliphatic heterocycles. The molecule has 0 bridgehead atoms. The van der Waals surface area contributed by atoms with Crippen LogP contribution in [0.5, 0.6) is 0 Å². The standard InChI is InChI=1S/C20H15BrN4O3S/c1-12-9-17(24-19(26)16-7-4-8-28-16)29-18(12)20(27)23-14-5-2-3-6-15(14)25-11-13(21)10-22-25/h2-11H,1H3,(H,23,27)(H,24,26). The number of aryl methyl sites for hydroxylation is 1. The monoisotopic (exact) mass is 470 g/mol. The van der Waals surface area contributed by atoms with E-state index in [9.17, 15) is 9.59 Å². The molecule has 1 aromatic carbocycles. The summed E-state index contributed by atoms with van der Waals surface area (Å²) in [5.41, 5.74) is 2.13. The molecule has 0 radical (unpaired) electrons. The van der Waals surface area contributed by atoms with Crippen LogP contribution in [0.15, 0.2) is 70.0 Å². The first kappa shape index (κ1) is 19.2. The number of aromatic nitrogens is 2. The van der Waals surface area contributed by atoms with E-state index in [1.54, 1.807) is 29.1 Å². The minimum atomic E-state index is -0.363. The summed E-state index contributed by atoms with van der Waals surface area (Å²) in [4.78, 5) is 25.5. The van der Waals surface area contributed by atoms with Crippen molar-refractivity contribution in [2.45, 2.75) is 6.92 Å². The van der Waals surface area contributed by atoms with Crippen LogP contribution in [0.3, 0.4) is 0 Å². The Bertz CT molecular complexity index is 1180. The molecule has 0 atom stereocenters. The zero-order chi connectivity index (χ0) is 20.4. The highest BCUT2D eigenvalue weighted by Gasteiger charge is 2.18. The number of carbonyl (C=O) groups excluding carboxylic acids is 2. The van der Waals surface area contributed by atoms with E-state index in [1.807, 2.05) is 37.4 Å². The van der Waals surface area contributed by atoms with Gasteiger partial charge in [0.05, 0.1) is 38.2 Å². The number of amides is 2. The zero-order valence-corrected chi connectivity index (χ0v) is 17.6. The Hall–Kier alpha value is -3.17. The van der Waals surface area contributed by atoms with Crippen molar-refractivity contribution in [3.63, 3.8) is 0 Å². The van der Waals surface area contributed by atoms with Crippen LogP contribution < -0.4 is 10.6 Å². The highest BCUT2D eigenvalue weighted by molar-refractivity contribution is 9.10. The fraction of sp³-hybridized carbons (Fsp3) is 0.0500. The summed E-state index contributed by atoms with van der Waals surface area (Å²) in [5.74, 6) is -0.413. The van der Waals surface area contributed by atoms with Gasteiger partial charge in [-0.3, -0.25) is 9.59 Å². The maximum Gasteiger partial charge on any atom is 0.291 e. The SMILES string of the molecule is Cc1cc(NC(=O)c2ccco2)sc1C(=O)Nc1ccccc1-n1cc(Br)cn1. The Morgan fingerprint density at radius 2 is 1.97 bits per heavy atom. The molecule has 2 amide bonds. The number of nitrogens with one attached hydrogen (secondary N) is 2. The van der Waals surface area contributed by atoms with Gasteiger partial charge in [0.25, 0.3) is 11.8 Å². The van der Waals surface area contributed by atoms with Crippen molar-refractivity contribution in [2.75, 3.05) is 10.6 Å². The quantitative estimate of drug-likeness (QED) is 0.424. The molecule has 9 heteroatoms. The number of rotatable bonds is 5. The summed E-state index contributed by atoms with van der Waals surface area (Å²) in [6, 6.07) is 12.4. The van der Waals surface area contributed by atoms with Crippen molar-refractivity contribution >= 4 is 49.8 Å². The summed E-state index contributed by atoms with van der Waals surface area (Å²) < 4.78 is 7.60. The van der Waals surface area contributed by atoms with Crippen LogP contribution in [0.2, 0.25) is 0 Å². The van der Waals surface area contributed by atoms with Gasteiger partial charge in [-0.05, 0) is 58.7 Å². The predicted octanol–water partition coefficient (Wildman–Crippen LogP) is 5.10. The van der Waals surface area contributed by atoms with Crippen molar-refractivity contribution in [1.82, 2.24) is 9.78 Å². The van der Waals surface area contributed by atoms with Gasteiger partial charge in [-0.25, -0.2) is 4.68 Å². The lowest BCUT2D eigenvalue weighted by Crippen LogP contribution is -2.13. The molecule has 0 fully saturated rings. The Labute approximate surface area is 178 Å². The summed E-state index contributed by atoms with van der Waals surface area (Å²) in [5, 5.41) is 10.5. The smallest absolute Gasteiger partial charge is 0.291 e. The highest BCUT2D eigenvalue weighted by Crippen LogP contribution is 2.29. The Kier molecular flexibility index (Phi) is 5.32. The van der Waals surface area contributed by atoms with Gasteiger partial charge in [0.1, 0.15) is 0 Å². The minimum Gasteiger partial charge on any atom is -0.459 e. The van der Waals surface area contributed by atoms with Gasteiger partial charge < -0.3 is 15.1 Å². The number of halogens is 1. The number of hydrogen-bond acceptors (Lipinski definition) is 5. The number of carbonyl (C=O) groups is 2. The number of furan rings is 1. The van der Waals surface area contributed by atoms with Gasteiger partial charge in [0.2, 0.25) is 0 Å². The first-order chi connectivity index (χ1) is 14.0. The van der Waals surface area contributed by atoms with Crippen LogP contribution in [0, 0.1) is 6.92 Å². The first-order valence-electron chi connectivity index (χ1n) is 8.57. The molecule has 3 aromatic heterocycles. The third kappa shape index (κ3) is 4.15. The van der Waals surface area contributed by atoms with Crippen LogP contribution in [-0.2, 0) is 0 Å². The molecule has 0 aliphatic rings. The molecule has 3 heterocycles. The summed E-state index contributed by atoms with van der Waals surface area (Å²) in [7, 11) is 0. The number of thiophene rings is 1. The fourth-order valence-electron chi connectivity index (χ4n) is 2.74. The molecule has 0 aliphatic carbocycles. The molecule has 0 spiro atoms. The molecule has 0 saturated carbocycles. The number of nitrogens with zero attached hydrogens (tertiary/aromatic N) is 2. The van der Waals surface area contributed by atoms with Gasteiger partial charge in [-0.1, -0.05) is 12.1 Å². The van der Waals surface area contributed by atoms with Gasteiger partial charge in [0.15, 0.2) is 5.76 Å². The minimum absolute atomic E-state index is 0.210. The number of para-hydroxylation sites is 2. The van der Waals surface area contributed by atoms with Gasteiger partial charge in [-0.15, -0.1) is 11.3 Å². The predicted molar refractivity (Wildman–Crippen MR) is 115 cm³/mol. The average molecular weight is 471 g/mol. The largest absolute Gasteiger partial charge is 0.459 e. The second-order valence-corrected chi connectivity index (χ2v) is 8.10. The lowest BCUT2D eigenvalue weighted by molar-refractivity contribution is 0.0995. The van der Waals surface area contributed by atoms with Crippen LogP contribution in [-0.4, -0.2) is 21.6 Å². The fourth-order valence-corrected chi connectivity index (χ4v) is 3.99. The normalized spacial score (nSPS) is 10.7.